The van der Waals surface area contributed by atoms with Crippen LogP contribution < -0.4 is 10.1 Å². The maximum atomic E-state index is 6.05. The topological polar surface area (TPSA) is 41.8 Å². The molecule has 0 saturated carbocycles. The predicted molar refractivity (Wildman–Crippen MR) is 105 cm³/mol. The van der Waals surface area contributed by atoms with Gasteiger partial charge in [0.05, 0.1) is 18.7 Å². The number of aromatic nitrogens is 1. The molecular weight excluding hydrogens is 336 g/mol. The average Bonchev–Trinajstić information content (AvgIpc) is 2.90. The number of aliphatic imine (C=N–C) groups is 1. The van der Waals surface area contributed by atoms with Crippen LogP contribution in [0.5, 0.6) is 5.75 Å². The second-order valence-electron chi connectivity index (χ2n) is 6.14. The summed E-state index contributed by atoms with van der Waals surface area (Å²) in [5.74, 6) is 1.79. The Morgan fingerprint density at radius 3 is 2.72 bits per heavy atom. The fourth-order valence-corrected chi connectivity index (χ4v) is 3.04. The first-order valence-corrected chi connectivity index (χ1v) is 8.68. The van der Waals surface area contributed by atoms with Gasteiger partial charge in [0, 0.05) is 39.6 Å². The second kappa shape index (κ2) is 8.81. The lowest BCUT2D eigenvalue weighted by molar-refractivity contribution is 0.411. The van der Waals surface area contributed by atoms with Gasteiger partial charge in [0.15, 0.2) is 5.96 Å². The van der Waals surface area contributed by atoms with E-state index in [1.54, 1.807) is 14.2 Å². The molecule has 0 radical (unpaired) electrons. The molecule has 25 heavy (non-hydrogen) atoms. The van der Waals surface area contributed by atoms with Crippen LogP contribution in [-0.2, 0) is 20.0 Å². The molecule has 0 aliphatic heterocycles. The van der Waals surface area contributed by atoms with Crippen LogP contribution >= 0.6 is 11.6 Å². The lowest BCUT2D eigenvalue weighted by Gasteiger charge is -2.22. The summed E-state index contributed by atoms with van der Waals surface area (Å²) in [6.45, 7) is 3.59. The van der Waals surface area contributed by atoms with Gasteiger partial charge >= 0.3 is 0 Å². The van der Waals surface area contributed by atoms with Crippen molar-refractivity contribution >= 4 is 17.6 Å². The molecule has 0 fully saturated rings. The van der Waals surface area contributed by atoms with Crippen LogP contribution in [0.2, 0.25) is 5.02 Å². The molecule has 0 atom stereocenters. The summed E-state index contributed by atoms with van der Waals surface area (Å²) in [6, 6.07) is 8.30. The van der Waals surface area contributed by atoms with Crippen molar-refractivity contribution in [3.8, 4) is 5.75 Å². The molecule has 1 N–H and O–H groups in total. The van der Waals surface area contributed by atoms with Gasteiger partial charge in [-0.2, -0.15) is 0 Å². The molecule has 0 saturated heterocycles. The van der Waals surface area contributed by atoms with Crippen LogP contribution in [0.15, 0.2) is 35.5 Å². The summed E-state index contributed by atoms with van der Waals surface area (Å²) in [5.41, 5.74) is 3.52. The summed E-state index contributed by atoms with van der Waals surface area (Å²) in [7, 11) is 7.52. The Morgan fingerprint density at radius 1 is 1.36 bits per heavy atom. The van der Waals surface area contributed by atoms with Crippen LogP contribution in [0.25, 0.3) is 0 Å². The largest absolute Gasteiger partial charge is 0.496 e. The second-order valence-corrected chi connectivity index (χ2v) is 6.58. The zero-order valence-corrected chi connectivity index (χ0v) is 16.4. The number of methoxy groups -OCH3 is 1. The van der Waals surface area contributed by atoms with Gasteiger partial charge < -0.3 is 19.5 Å². The van der Waals surface area contributed by atoms with Crippen LogP contribution in [0.4, 0.5) is 0 Å². The summed E-state index contributed by atoms with van der Waals surface area (Å²) in [4.78, 5) is 6.45. The van der Waals surface area contributed by atoms with Crippen molar-refractivity contribution in [2.45, 2.75) is 19.9 Å². The van der Waals surface area contributed by atoms with Crippen LogP contribution in [0, 0.1) is 6.92 Å². The van der Waals surface area contributed by atoms with Gasteiger partial charge in [0.2, 0.25) is 0 Å². The van der Waals surface area contributed by atoms with Crippen molar-refractivity contribution in [2.75, 3.05) is 27.7 Å². The summed E-state index contributed by atoms with van der Waals surface area (Å²) >= 11 is 6.05. The minimum atomic E-state index is 0.737. The SMILES string of the molecule is CN=C(NCCc1ccc(C)c(OC)c1)N(C)Cc1cc(Cl)cn1C. The van der Waals surface area contributed by atoms with Crippen LogP contribution in [-0.4, -0.2) is 43.2 Å². The number of rotatable bonds is 6. The van der Waals surface area contributed by atoms with E-state index >= 15 is 0 Å². The van der Waals surface area contributed by atoms with E-state index in [0.29, 0.717) is 0 Å². The lowest BCUT2D eigenvalue weighted by atomic mass is 10.1. The van der Waals surface area contributed by atoms with Crippen molar-refractivity contribution < 1.29 is 4.74 Å². The van der Waals surface area contributed by atoms with Gasteiger partial charge in [0.25, 0.3) is 0 Å². The van der Waals surface area contributed by atoms with Gasteiger partial charge in [-0.25, -0.2) is 0 Å². The highest BCUT2D eigenvalue weighted by molar-refractivity contribution is 6.30. The molecule has 1 heterocycles. The lowest BCUT2D eigenvalue weighted by Crippen LogP contribution is -2.39. The average molecular weight is 363 g/mol. The first-order valence-electron chi connectivity index (χ1n) is 8.30. The number of hydrogen-bond donors (Lipinski definition) is 1. The molecule has 2 aromatic rings. The van der Waals surface area contributed by atoms with Crippen LogP contribution in [0.3, 0.4) is 0 Å². The van der Waals surface area contributed by atoms with E-state index in [9.17, 15) is 0 Å². The van der Waals surface area contributed by atoms with E-state index in [2.05, 4.69) is 33.4 Å². The Balaban J connectivity index is 1.90. The summed E-state index contributed by atoms with van der Waals surface area (Å²) in [6.07, 6.45) is 2.81. The standard InChI is InChI=1S/C19H27ClN4O/c1-14-6-7-15(10-18(14)25-5)8-9-22-19(21-2)24(4)13-17-11-16(20)12-23(17)3/h6-7,10-12H,8-9,13H2,1-5H3,(H,21,22). The van der Waals surface area contributed by atoms with Crippen molar-refractivity contribution in [2.24, 2.45) is 12.0 Å². The van der Waals surface area contributed by atoms with Gasteiger partial charge in [0.1, 0.15) is 5.75 Å². The van der Waals surface area contributed by atoms with E-state index in [4.69, 9.17) is 16.3 Å². The summed E-state index contributed by atoms with van der Waals surface area (Å²) in [5, 5.41) is 4.16. The Morgan fingerprint density at radius 2 is 2.12 bits per heavy atom. The number of guanidine groups is 1. The monoisotopic (exact) mass is 362 g/mol. The van der Waals surface area contributed by atoms with Crippen molar-refractivity contribution in [1.82, 2.24) is 14.8 Å². The fourth-order valence-electron chi connectivity index (χ4n) is 2.76. The molecular formula is C19H27ClN4O. The molecule has 136 valence electrons. The third kappa shape index (κ3) is 5.16. The Labute approximate surface area is 155 Å². The molecule has 6 heteroatoms. The first-order chi connectivity index (χ1) is 11.9. The highest BCUT2D eigenvalue weighted by Crippen LogP contribution is 2.19. The molecule has 0 spiro atoms. The smallest absolute Gasteiger partial charge is 0.193 e. The molecule has 0 unspecified atom stereocenters. The normalized spacial score (nSPS) is 11.5. The maximum absolute atomic E-state index is 6.05. The van der Waals surface area contributed by atoms with Gasteiger partial charge in [-0.1, -0.05) is 23.7 Å². The highest BCUT2D eigenvalue weighted by atomic mass is 35.5. The van der Waals surface area contributed by atoms with E-state index in [-0.39, 0.29) is 0 Å². The van der Waals surface area contributed by atoms with Gasteiger partial charge in [-0.15, -0.1) is 0 Å². The van der Waals surface area contributed by atoms with E-state index in [1.165, 1.54) is 5.56 Å². The molecule has 1 aromatic heterocycles. The molecule has 0 amide bonds. The number of ether oxygens (including phenoxy) is 1. The minimum absolute atomic E-state index is 0.737. The van der Waals surface area contributed by atoms with Crippen molar-refractivity contribution in [1.29, 1.82) is 0 Å². The number of halogens is 1. The van der Waals surface area contributed by atoms with Gasteiger partial charge in [-0.05, 0) is 36.6 Å². The maximum Gasteiger partial charge on any atom is 0.193 e. The van der Waals surface area contributed by atoms with E-state index in [0.717, 1.165) is 47.5 Å². The molecule has 0 aliphatic carbocycles. The number of nitrogens with one attached hydrogen (secondary N) is 1. The Hall–Kier alpha value is -2.14. The molecule has 0 bridgehead atoms. The van der Waals surface area contributed by atoms with Gasteiger partial charge in [-0.3, -0.25) is 4.99 Å². The fraction of sp³-hybridized carbons (Fsp3) is 0.421. The first kappa shape index (κ1) is 19.2. The Bertz CT molecular complexity index is 739. The van der Waals surface area contributed by atoms with E-state index < -0.39 is 0 Å². The molecule has 1 aromatic carbocycles. The number of hydrogen-bond acceptors (Lipinski definition) is 2. The minimum Gasteiger partial charge on any atom is -0.496 e. The zero-order valence-electron chi connectivity index (χ0n) is 15.6. The summed E-state index contributed by atoms with van der Waals surface area (Å²) < 4.78 is 7.42. The third-order valence-electron chi connectivity index (χ3n) is 4.22. The number of nitrogens with zero attached hydrogens (tertiary/aromatic N) is 3. The quantitative estimate of drug-likeness (QED) is 0.633. The predicted octanol–water partition coefficient (Wildman–Crippen LogP) is 3.25. The Kier molecular flexibility index (Phi) is 6.76. The molecule has 0 aliphatic rings. The van der Waals surface area contributed by atoms with Crippen molar-refractivity contribution in [3.63, 3.8) is 0 Å². The number of benzene rings is 1. The van der Waals surface area contributed by atoms with Crippen molar-refractivity contribution in [3.05, 3.63) is 52.3 Å². The zero-order chi connectivity index (χ0) is 18.4. The van der Waals surface area contributed by atoms with E-state index in [1.807, 2.05) is 37.8 Å². The number of aryl methyl sites for hydroxylation is 2. The molecule has 2 rings (SSSR count). The highest BCUT2D eigenvalue weighted by Gasteiger charge is 2.09. The molecule has 5 nitrogen and oxygen atoms in total. The van der Waals surface area contributed by atoms with Crippen LogP contribution in [0.1, 0.15) is 16.8 Å². The third-order valence-corrected chi connectivity index (χ3v) is 4.42.